The molecule has 2 N–H and O–H groups in total. The fourth-order valence-corrected chi connectivity index (χ4v) is 3.02. The molecule has 1 aromatic carbocycles. The zero-order valence-corrected chi connectivity index (χ0v) is 12.9. The van der Waals surface area contributed by atoms with E-state index >= 15 is 0 Å². The Morgan fingerprint density at radius 2 is 2.09 bits per heavy atom. The van der Waals surface area contributed by atoms with Crippen LogP contribution in [-0.4, -0.2) is 38.7 Å². The number of aromatic nitrogens is 4. The Balaban J connectivity index is 1.71. The Bertz CT molecular complexity index is 774. The Hall–Kier alpha value is -2.47. The molecule has 3 aromatic rings. The highest BCUT2D eigenvalue weighted by Crippen LogP contribution is 2.22. The summed E-state index contributed by atoms with van der Waals surface area (Å²) in [6, 6.07) is 12.6. The average molecular weight is 308 g/mol. The van der Waals surface area contributed by atoms with Crippen molar-refractivity contribution in [1.82, 2.24) is 24.9 Å². The Morgan fingerprint density at radius 1 is 1.17 bits per heavy atom. The lowest BCUT2D eigenvalue weighted by Crippen LogP contribution is -2.31. The molecular weight excluding hydrogens is 288 g/mol. The minimum atomic E-state index is 0.399. The molecule has 1 aliphatic rings. The van der Waals surface area contributed by atoms with E-state index in [-0.39, 0.29) is 0 Å². The van der Waals surface area contributed by atoms with Crippen LogP contribution in [0.3, 0.4) is 0 Å². The Morgan fingerprint density at radius 3 is 3.00 bits per heavy atom. The molecule has 1 fully saturated rings. The number of hydrogen-bond donors (Lipinski definition) is 2. The third-order valence-corrected chi connectivity index (χ3v) is 4.22. The van der Waals surface area contributed by atoms with Crippen molar-refractivity contribution in [2.24, 2.45) is 0 Å². The van der Waals surface area contributed by atoms with E-state index in [4.69, 9.17) is 0 Å². The Kier molecular flexibility index (Phi) is 3.90. The summed E-state index contributed by atoms with van der Waals surface area (Å²) in [4.78, 5) is 8.87. The van der Waals surface area contributed by atoms with Crippen LogP contribution < -0.4 is 10.6 Å². The maximum absolute atomic E-state index is 4.61. The van der Waals surface area contributed by atoms with Crippen LogP contribution >= 0.6 is 0 Å². The summed E-state index contributed by atoms with van der Waals surface area (Å²) in [5, 5.41) is 11.4. The molecule has 23 heavy (non-hydrogen) atoms. The van der Waals surface area contributed by atoms with Crippen molar-refractivity contribution in [3.8, 4) is 11.3 Å². The van der Waals surface area contributed by atoms with Gasteiger partial charge >= 0.3 is 0 Å². The third-order valence-electron chi connectivity index (χ3n) is 4.22. The third kappa shape index (κ3) is 3.03. The highest BCUT2D eigenvalue weighted by Gasteiger charge is 2.15. The number of nitrogens with one attached hydrogen (secondary N) is 2. The van der Waals surface area contributed by atoms with Gasteiger partial charge in [-0.25, -0.2) is 4.98 Å². The normalized spacial score (nSPS) is 18.7. The molecule has 6 nitrogen and oxygen atoms in total. The molecule has 4 rings (SSSR count). The second kappa shape index (κ2) is 6.34. The first-order valence-corrected chi connectivity index (χ1v) is 8.13. The summed E-state index contributed by atoms with van der Waals surface area (Å²) < 4.78 is 1.78. The Labute approximate surface area is 135 Å². The van der Waals surface area contributed by atoms with Crippen molar-refractivity contribution < 1.29 is 0 Å². The second-order valence-electron chi connectivity index (χ2n) is 5.91. The fourth-order valence-electron chi connectivity index (χ4n) is 3.02. The van der Waals surface area contributed by atoms with Gasteiger partial charge in [-0.3, -0.25) is 0 Å². The molecule has 0 radical (unpaired) electrons. The molecule has 2 aromatic heterocycles. The van der Waals surface area contributed by atoms with Crippen LogP contribution in [0.5, 0.6) is 0 Å². The van der Waals surface area contributed by atoms with Gasteiger partial charge in [0.1, 0.15) is 12.1 Å². The van der Waals surface area contributed by atoms with Gasteiger partial charge in [-0.2, -0.15) is 14.6 Å². The van der Waals surface area contributed by atoms with E-state index in [1.807, 2.05) is 18.2 Å². The van der Waals surface area contributed by atoms with Gasteiger partial charge in [0.15, 0.2) is 0 Å². The number of anilines is 1. The topological polar surface area (TPSA) is 67.1 Å². The quantitative estimate of drug-likeness (QED) is 0.777. The highest BCUT2D eigenvalue weighted by atomic mass is 15.4. The molecule has 0 saturated carbocycles. The number of fused-ring (bicyclic) bond motifs is 1. The molecule has 0 unspecified atom stereocenters. The standard InChI is InChI=1S/C17H20N6/c1-2-6-13(7-3-1)15-10-16(23-17(22-15)19-12-20-23)21-14-8-4-5-9-18-11-14/h1-3,6-7,10,12,14,18,21H,4-5,8-9,11H2/t14-/m0/s1. The fraction of sp³-hybridized carbons (Fsp3) is 0.353. The maximum Gasteiger partial charge on any atom is 0.254 e. The van der Waals surface area contributed by atoms with Gasteiger partial charge in [-0.05, 0) is 19.4 Å². The van der Waals surface area contributed by atoms with Crippen LogP contribution in [0.2, 0.25) is 0 Å². The van der Waals surface area contributed by atoms with E-state index in [1.165, 1.54) is 12.8 Å². The molecule has 118 valence electrons. The van der Waals surface area contributed by atoms with Gasteiger partial charge in [0.05, 0.1) is 5.69 Å². The molecule has 3 heterocycles. The average Bonchev–Trinajstić information content (AvgIpc) is 2.93. The van der Waals surface area contributed by atoms with E-state index in [0.29, 0.717) is 11.8 Å². The summed E-state index contributed by atoms with van der Waals surface area (Å²) in [5.74, 6) is 1.57. The van der Waals surface area contributed by atoms with Crippen LogP contribution in [0.1, 0.15) is 19.3 Å². The lowest BCUT2D eigenvalue weighted by Gasteiger charge is -2.18. The first-order chi connectivity index (χ1) is 11.4. The van der Waals surface area contributed by atoms with E-state index in [1.54, 1.807) is 10.8 Å². The molecule has 1 saturated heterocycles. The summed E-state index contributed by atoms with van der Waals surface area (Å²) >= 11 is 0. The lowest BCUT2D eigenvalue weighted by molar-refractivity contribution is 0.630. The van der Waals surface area contributed by atoms with E-state index in [0.717, 1.165) is 36.6 Å². The number of rotatable bonds is 3. The predicted molar refractivity (Wildman–Crippen MR) is 90.3 cm³/mol. The number of benzene rings is 1. The zero-order valence-electron chi connectivity index (χ0n) is 12.9. The SMILES string of the molecule is c1ccc(-c2cc(N[C@H]3CCCCNC3)n3ncnc3n2)cc1. The minimum absolute atomic E-state index is 0.399. The first kappa shape index (κ1) is 14.1. The smallest absolute Gasteiger partial charge is 0.254 e. The van der Waals surface area contributed by atoms with Gasteiger partial charge in [-0.15, -0.1) is 0 Å². The molecule has 0 amide bonds. The molecule has 0 spiro atoms. The maximum atomic E-state index is 4.61. The van der Waals surface area contributed by atoms with Gasteiger partial charge in [0.2, 0.25) is 0 Å². The van der Waals surface area contributed by atoms with Gasteiger partial charge in [0, 0.05) is 24.2 Å². The monoisotopic (exact) mass is 308 g/mol. The lowest BCUT2D eigenvalue weighted by atomic mass is 10.1. The van der Waals surface area contributed by atoms with Gasteiger partial charge < -0.3 is 10.6 Å². The number of nitrogens with zero attached hydrogens (tertiary/aromatic N) is 4. The van der Waals surface area contributed by atoms with Crippen molar-refractivity contribution in [1.29, 1.82) is 0 Å². The summed E-state index contributed by atoms with van der Waals surface area (Å²) in [6.07, 6.45) is 5.18. The predicted octanol–water partition coefficient (Wildman–Crippen LogP) is 2.35. The summed E-state index contributed by atoms with van der Waals surface area (Å²) in [6.45, 7) is 2.07. The van der Waals surface area contributed by atoms with Crippen LogP contribution in [0.4, 0.5) is 5.82 Å². The molecule has 0 bridgehead atoms. The molecule has 1 aliphatic heterocycles. The minimum Gasteiger partial charge on any atom is -0.366 e. The van der Waals surface area contributed by atoms with Crippen molar-refractivity contribution in [3.63, 3.8) is 0 Å². The molecule has 6 heteroatoms. The zero-order chi connectivity index (χ0) is 15.5. The summed E-state index contributed by atoms with van der Waals surface area (Å²) in [7, 11) is 0. The van der Waals surface area contributed by atoms with Crippen LogP contribution in [-0.2, 0) is 0 Å². The molecular formula is C17H20N6. The van der Waals surface area contributed by atoms with Gasteiger partial charge in [0.25, 0.3) is 5.78 Å². The van der Waals surface area contributed by atoms with E-state index < -0.39 is 0 Å². The first-order valence-electron chi connectivity index (χ1n) is 8.13. The highest BCUT2D eigenvalue weighted by molar-refractivity contribution is 5.65. The van der Waals surface area contributed by atoms with E-state index in [9.17, 15) is 0 Å². The number of hydrogen-bond acceptors (Lipinski definition) is 5. The van der Waals surface area contributed by atoms with Crippen LogP contribution in [0, 0.1) is 0 Å². The largest absolute Gasteiger partial charge is 0.366 e. The van der Waals surface area contributed by atoms with E-state index in [2.05, 4.69) is 43.9 Å². The van der Waals surface area contributed by atoms with Gasteiger partial charge in [-0.1, -0.05) is 36.8 Å². The van der Waals surface area contributed by atoms with Crippen molar-refractivity contribution in [3.05, 3.63) is 42.7 Å². The van der Waals surface area contributed by atoms with Crippen molar-refractivity contribution in [2.75, 3.05) is 18.4 Å². The van der Waals surface area contributed by atoms with Crippen molar-refractivity contribution in [2.45, 2.75) is 25.3 Å². The molecule has 1 atom stereocenters. The van der Waals surface area contributed by atoms with Crippen LogP contribution in [0.15, 0.2) is 42.7 Å². The van der Waals surface area contributed by atoms with Crippen LogP contribution in [0.25, 0.3) is 17.0 Å². The second-order valence-corrected chi connectivity index (χ2v) is 5.91. The summed E-state index contributed by atoms with van der Waals surface area (Å²) in [5.41, 5.74) is 2.00. The molecule has 0 aliphatic carbocycles. The van der Waals surface area contributed by atoms with Crippen molar-refractivity contribution >= 4 is 11.6 Å².